The van der Waals surface area contributed by atoms with Crippen LogP contribution in [0.5, 0.6) is 0 Å². The van der Waals surface area contributed by atoms with Gasteiger partial charge in [0.25, 0.3) is 5.91 Å². The Bertz CT molecular complexity index is 1230. The number of carbonyl (C=O) groups is 3. The van der Waals surface area contributed by atoms with E-state index in [4.69, 9.17) is 11.6 Å². The lowest BCUT2D eigenvalue weighted by Crippen LogP contribution is -2.53. The first-order chi connectivity index (χ1) is 17.3. The predicted octanol–water partition coefficient (Wildman–Crippen LogP) is 4.98. The highest BCUT2D eigenvalue weighted by Crippen LogP contribution is 2.25. The van der Waals surface area contributed by atoms with Gasteiger partial charge in [-0.15, -0.1) is 0 Å². The van der Waals surface area contributed by atoms with Gasteiger partial charge in [0.05, 0.1) is 16.5 Å². The Labute approximate surface area is 215 Å². The van der Waals surface area contributed by atoms with Crippen LogP contribution in [0.1, 0.15) is 34.3 Å². The molecule has 1 saturated heterocycles. The molecule has 0 bridgehead atoms. The van der Waals surface area contributed by atoms with Gasteiger partial charge in [-0.1, -0.05) is 77.8 Å². The van der Waals surface area contributed by atoms with Crippen molar-refractivity contribution in [2.24, 2.45) is 5.92 Å². The van der Waals surface area contributed by atoms with Crippen molar-refractivity contribution in [3.8, 4) is 11.1 Å². The van der Waals surface area contributed by atoms with Crippen LogP contribution in [-0.2, 0) is 16.0 Å². The van der Waals surface area contributed by atoms with Gasteiger partial charge in [-0.3, -0.25) is 14.5 Å². The molecule has 2 N–H and O–H groups in total. The second-order valence-electron chi connectivity index (χ2n) is 9.16. The van der Waals surface area contributed by atoms with E-state index in [1.165, 1.54) is 11.6 Å². The van der Waals surface area contributed by atoms with Crippen LogP contribution in [0.4, 0.5) is 0 Å². The number of hydrogen-bond donors (Lipinski definition) is 2. The molecule has 0 spiro atoms. The zero-order valence-electron chi connectivity index (χ0n) is 20.1. The number of hydrogen-bond acceptors (Lipinski definition) is 4. The third kappa shape index (κ3) is 5.83. The molecule has 2 amide bonds. The fraction of sp³-hybridized carbons (Fsp3) is 0.276. The summed E-state index contributed by atoms with van der Waals surface area (Å²) in [6.45, 7) is 3.22. The molecule has 3 aromatic rings. The number of aryl methyl sites for hydroxylation is 1. The summed E-state index contributed by atoms with van der Waals surface area (Å²) in [4.78, 5) is 40.6. The number of nitrogens with zero attached hydrogens (tertiary/aromatic N) is 1. The van der Waals surface area contributed by atoms with Gasteiger partial charge in [-0.05, 0) is 55.1 Å². The Hall–Kier alpha value is -3.48. The van der Waals surface area contributed by atoms with E-state index in [-0.39, 0.29) is 17.0 Å². The molecule has 4 rings (SSSR count). The van der Waals surface area contributed by atoms with E-state index in [1.807, 2.05) is 55.5 Å². The quantitative estimate of drug-likeness (QED) is 0.443. The summed E-state index contributed by atoms with van der Waals surface area (Å²) in [6.07, 6.45) is 1.37. The first-order valence-electron chi connectivity index (χ1n) is 12.1. The van der Waals surface area contributed by atoms with Crippen LogP contribution in [0, 0.1) is 12.8 Å². The zero-order chi connectivity index (χ0) is 25.7. The van der Waals surface area contributed by atoms with Crippen molar-refractivity contribution >= 4 is 29.4 Å². The van der Waals surface area contributed by atoms with E-state index in [9.17, 15) is 19.5 Å². The van der Waals surface area contributed by atoms with Gasteiger partial charge >= 0.3 is 5.97 Å². The Morgan fingerprint density at radius 1 is 1.00 bits per heavy atom. The highest BCUT2D eigenvalue weighted by Gasteiger charge is 2.39. The van der Waals surface area contributed by atoms with Crippen LogP contribution in [0.25, 0.3) is 11.1 Å². The third-order valence-corrected chi connectivity index (χ3v) is 6.90. The van der Waals surface area contributed by atoms with Crippen LogP contribution in [0.2, 0.25) is 5.02 Å². The van der Waals surface area contributed by atoms with Crippen LogP contribution in [0.15, 0.2) is 72.8 Å². The Kier molecular flexibility index (Phi) is 8.18. The maximum atomic E-state index is 13.6. The molecule has 7 heteroatoms. The van der Waals surface area contributed by atoms with Crippen molar-refractivity contribution in [3.63, 3.8) is 0 Å². The van der Waals surface area contributed by atoms with Crippen LogP contribution in [-0.4, -0.2) is 46.9 Å². The molecule has 0 saturated carbocycles. The van der Waals surface area contributed by atoms with Crippen molar-refractivity contribution in [2.45, 2.75) is 32.2 Å². The van der Waals surface area contributed by atoms with E-state index in [2.05, 4.69) is 5.32 Å². The minimum Gasteiger partial charge on any atom is -0.480 e. The number of aliphatic carboxylic acids is 1. The molecule has 0 unspecified atom stereocenters. The number of piperidine rings is 1. The molecule has 1 heterocycles. The fourth-order valence-electron chi connectivity index (χ4n) is 4.51. The van der Waals surface area contributed by atoms with Crippen LogP contribution >= 0.6 is 11.6 Å². The van der Waals surface area contributed by atoms with Gasteiger partial charge < -0.3 is 10.4 Å². The number of benzene rings is 3. The summed E-state index contributed by atoms with van der Waals surface area (Å²) in [7, 11) is 0. The molecule has 1 aliphatic heterocycles. The molecule has 1 fully saturated rings. The lowest BCUT2D eigenvalue weighted by molar-refractivity contribution is -0.149. The summed E-state index contributed by atoms with van der Waals surface area (Å²) in [6, 6.07) is 20.7. The fourth-order valence-corrected chi connectivity index (χ4v) is 4.73. The molecule has 1 aliphatic rings. The van der Waals surface area contributed by atoms with Gasteiger partial charge in [0.2, 0.25) is 5.91 Å². The largest absolute Gasteiger partial charge is 0.480 e. The minimum atomic E-state index is -1.37. The number of halogens is 1. The van der Waals surface area contributed by atoms with E-state index < -0.39 is 29.7 Å². The highest BCUT2D eigenvalue weighted by atomic mass is 35.5. The molecule has 186 valence electrons. The number of imide groups is 1. The average molecular weight is 505 g/mol. The van der Waals surface area contributed by atoms with Crippen molar-refractivity contribution in [3.05, 3.63) is 94.5 Å². The minimum absolute atomic E-state index is 0.00834. The highest BCUT2D eigenvalue weighted by molar-refractivity contribution is 6.34. The van der Waals surface area contributed by atoms with Crippen molar-refractivity contribution in [1.82, 2.24) is 10.2 Å². The molecular formula is C29H29ClN2O4. The molecule has 0 aromatic heterocycles. The average Bonchev–Trinajstić information content (AvgIpc) is 2.89. The number of carboxylic acids is 1. The van der Waals surface area contributed by atoms with Gasteiger partial charge in [-0.2, -0.15) is 0 Å². The second kappa shape index (κ2) is 11.5. The number of rotatable bonds is 7. The van der Waals surface area contributed by atoms with E-state index in [0.29, 0.717) is 18.5 Å². The Balaban J connectivity index is 1.65. The smallest absolute Gasteiger partial charge is 0.327 e. The summed E-state index contributed by atoms with van der Waals surface area (Å²) in [5.74, 6) is -2.90. The number of carbonyl (C=O) groups excluding carboxylic acids is 2. The van der Waals surface area contributed by atoms with E-state index in [1.54, 1.807) is 18.2 Å². The standard InChI is InChI=1S/C29H29ClN2O4/c1-19-8-12-21(13-9-19)22-14-10-20(11-15-22)17-26(29(35)36)32(27(33)23-5-4-16-31-18-23)28(34)24-6-2-3-7-25(24)30/h2-3,6-15,23,26,31H,4-5,16-18H2,1H3,(H,35,36)/t23-,26-/m0/s1. The SMILES string of the molecule is Cc1ccc(-c2ccc(C[C@@H](C(=O)O)N(C(=O)c3ccccc3Cl)C(=O)[C@H]3CCCNC3)cc2)cc1. The topological polar surface area (TPSA) is 86.7 Å². The normalized spacial score (nSPS) is 16.2. The maximum Gasteiger partial charge on any atom is 0.327 e. The van der Waals surface area contributed by atoms with E-state index >= 15 is 0 Å². The Morgan fingerprint density at radius 3 is 2.22 bits per heavy atom. The first-order valence-corrected chi connectivity index (χ1v) is 12.4. The summed E-state index contributed by atoms with van der Waals surface area (Å²) in [5.41, 5.74) is 4.04. The molecule has 36 heavy (non-hydrogen) atoms. The third-order valence-electron chi connectivity index (χ3n) is 6.57. The molecule has 3 aromatic carbocycles. The summed E-state index contributed by atoms with van der Waals surface area (Å²) >= 11 is 6.26. The lowest BCUT2D eigenvalue weighted by atomic mass is 9.95. The molecule has 0 radical (unpaired) electrons. The van der Waals surface area contributed by atoms with E-state index in [0.717, 1.165) is 29.0 Å². The van der Waals surface area contributed by atoms with Gasteiger partial charge in [0.1, 0.15) is 6.04 Å². The monoisotopic (exact) mass is 504 g/mol. The first kappa shape index (κ1) is 25.6. The number of amides is 2. The number of carboxylic acid groups (broad SMARTS) is 1. The summed E-state index contributed by atoms with van der Waals surface area (Å²) < 4.78 is 0. The molecular weight excluding hydrogens is 476 g/mol. The molecule has 6 nitrogen and oxygen atoms in total. The predicted molar refractivity (Wildman–Crippen MR) is 140 cm³/mol. The maximum absolute atomic E-state index is 13.6. The molecule has 2 atom stereocenters. The van der Waals surface area contributed by atoms with Crippen LogP contribution < -0.4 is 5.32 Å². The van der Waals surface area contributed by atoms with Crippen molar-refractivity contribution < 1.29 is 19.5 Å². The zero-order valence-corrected chi connectivity index (χ0v) is 20.9. The van der Waals surface area contributed by atoms with Crippen molar-refractivity contribution in [2.75, 3.05) is 13.1 Å². The van der Waals surface area contributed by atoms with Gasteiger partial charge in [0, 0.05) is 13.0 Å². The molecule has 0 aliphatic carbocycles. The number of nitrogens with one attached hydrogen (secondary N) is 1. The van der Waals surface area contributed by atoms with Gasteiger partial charge in [0.15, 0.2) is 0 Å². The Morgan fingerprint density at radius 2 is 1.64 bits per heavy atom. The summed E-state index contributed by atoms with van der Waals surface area (Å²) in [5, 5.41) is 13.5. The lowest BCUT2D eigenvalue weighted by Gasteiger charge is -2.32. The van der Waals surface area contributed by atoms with Crippen molar-refractivity contribution in [1.29, 1.82) is 0 Å². The second-order valence-corrected chi connectivity index (χ2v) is 9.56. The van der Waals surface area contributed by atoms with Gasteiger partial charge in [-0.25, -0.2) is 4.79 Å². The van der Waals surface area contributed by atoms with Crippen LogP contribution in [0.3, 0.4) is 0 Å².